The third kappa shape index (κ3) is 3.87. The molecule has 0 atom stereocenters. The van der Waals surface area contributed by atoms with Gasteiger partial charge in [0.05, 0.1) is 17.3 Å². The van der Waals surface area contributed by atoms with Crippen molar-refractivity contribution < 1.29 is 14.3 Å². The average Bonchev–Trinajstić information content (AvgIpc) is 2.62. The first-order chi connectivity index (χ1) is 12.0. The Labute approximate surface area is 144 Å². The number of nitrogens with zero attached hydrogens (tertiary/aromatic N) is 2. The number of fused-ring (bicyclic) bond motifs is 1. The summed E-state index contributed by atoms with van der Waals surface area (Å²) in [6.07, 6.45) is 0. The molecule has 0 saturated carbocycles. The first-order valence-electron chi connectivity index (χ1n) is 7.63. The van der Waals surface area contributed by atoms with Crippen molar-refractivity contribution in [2.45, 2.75) is 6.54 Å². The molecular formula is C18H16N4O3. The number of ether oxygens (including phenoxy) is 1. The zero-order valence-corrected chi connectivity index (χ0v) is 13.6. The number of carbonyl (C=O) groups is 2. The molecule has 7 nitrogen and oxygen atoms in total. The Hall–Kier alpha value is -3.53. The minimum Gasteiger partial charge on any atom is -0.482 e. The van der Waals surface area contributed by atoms with E-state index in [-0.39, 0.29) is 18.5 Å². The molecule has 2 aromatic carbocycles. The van der Waals surface area contributed by atoms with Crippen molar-refractivity contribution in [2.75, 3.05) is 24.3 Å². The SMILES string of the molecule is CN(Cc1cccc(C#N)c1)C(=O)Nc1ccc2c(c1)OCC(=O)N2. The van der Waals surface area contributed by atoms with E-state index in [0.29, 0.717) is 29.2 Å². The van der Waals surface area contributed by atoms with E-state index in [2.05, 4.69) is 16.7 Å². The number of hydrogen-bond acceptors (Lipinski definition) is 4. The van der Waals surface area contributed by atoms with E-state index in [4.69, 9.17) is 10.00 Å². The molecule has 25 heavy (non-hydrogen) atoms. The van der Waals surface area contributed by atoms with Gasteiger partial charge in [-0.25, -0.2) is 4.79 Å². The summed E-state index contributed by atoms with van der Waals surface area (Å²) in [5, 5.41) is 14.4. The molecule has 0 unspecified atom stereocenters. The van der Waals surface area contributed by atoms with E-state index in [0.717, 1.165) is 5.56 Å². The number of rotatable bonds is 3. The summed E-state index contributed by atoms with van der Waals surface area (Å²) in [6, 6.07) is 13.9. The highest BCUT2D eigenvalue weighted by atomic mass is 16.5. The highest BCUT2D eigenvalue weighted by molar-refractivity contribution is 5.96. The van der Waals surface area contributed by atoms with Crippen LogP contribution in [0.1, 0.15) is 11.1 Å². The Bertz CT molecular complexity index is 873. The van der Waals surface area contributed by atoms with Gasteiger partial charge in [0.2, 0.25) is 0 Å². The fourth-order valence-corrected chi connectivity index (χ4v) is 2.46. The molecule has 0 spiro atoms. The number of carbonyl (C=O) groups excluding carboxylic acids is 2. The summed E-state index contributed by atoms with van der Waals surface area (Å²) in [6.45, 7) is 0.332. The van der Waals surface area contributed by atoms with Crippen LogP contribution in [0, 0.1) is 11.3 Å². The number of hydrogen-bond donors (Lipinski definition) is 2. The number of urea groups is 1. The molecule has 3 rings (SSSR count). The molecule has 0 radical (unpaired) electrons. The van der Waals surface area contributed by atoms with E-state index in [1.165, 1.54) is 4.90 Å². The lowest BCUT2D eigenvalue weighted by molar-refractivity contribution is -0.118. The number of amides is 3. The third-order valence-corrected chi connectivity index (χ3v) is 3.69. The van der Waals surface area contributed by atoms with Gasteiger partial charge in [0, 0.05) is 25.3 Å². The Kier molecular flexibility index (Phi) is 4.53. The van der Waals surface area contributed by atoms with E-state index in [1.807, 2.05) is 6.07 Å². The topological polar surface area (TPSA) is 94.5 Å². The fourth-order valence-electron chi connectivity index (χ4n) is 2.46. The molecule has 2 N–H and O–H groups in total. The van der Waals surface area contributed by atoms with E-state index < -0.39 is 0 Å². The standard InChI is InChI=1S/C18H16N4O3/c1-22(10-13-4-2-3-12(7-13)9-19)18(24)20-14-5-6-15-16(8-14)25-11-17(23)21-15/h2-8H,10-11H2,1H3,(H,20,24)(H,21,23). The molecule has 1 heterocycles. The molecule has 1 aliphatic heterocycles. The normalized spacial score (nSPS) is 12.2. The first kappa shape index (κ1) is 16.3. The van der Waals surface area contributed by atoms with Crippen LogP contribution in [0.3, 0.4) is 0 Å². The Morgan fingerprint density at radius 1 is 1.36 bits per heavy atom. The van der Waals surface area contributed by atoms with Crippen molar-refractivity contribution in [3.05, 3.63) is 53.6 Å². The van der Waals surface area contributed by atoms with Gasteiger partial charge in [-0.05, 0) is 29.8 Å². The molecule has 0 aliphatic carbocycles. The molecule has 3 amide bonds. The molecule has 0 aromatic heterocycles. The van der Waals surface area contributed by atoms with Crippen molar-refractivity contribution in [1.82, 2.24) is 4.90 Å². The van der Waals surface area contributed by atoms with Crippen molar-refractivity contribution in [3.63, 3.8) is 0 Å². The maximum absolute atomic E-state index is 12.3. The second-order valence-electron chi connectivity index (χ2n) is 5.65. The summed E-state index contributed by atoms with van der Waals surface area (Å²) in [5.74, 6) is 0.311. The summed E-state index contributed by atoms with van der Waals surface area (Å²) in [4.78, 5) is 25.1. The minimum absolute atomic E-state index is 0.0421. The predicted octanol–water partition coefficient (Wildman–Crippen LogP) is 2.55. The van der Waals surface area contributed by atoms with Crippen LogP contribution in [0.25, 0.3) is 0 Å². The monoisotopic (exact) mass is 336 g/mol. The lowest BCUT2D eigenvalue weighted by Gasteiger charge is -2.21. The van der Waals surface area contributed by atoms with Gasteiger partial charge >= 0.3 is 6.03 Å². The zero-order chi connectivity index (χ0) is 17.8. The second-order valence-corrected chi connectivity index (χ2v) is 5.65. The van der Waals surface area contributed by atoms with Gasteiger partial charge in [-0.1, -0.05) is 12.1 Å². The average molecular weight is 336 g/mol. The van der Waals surface area contributed by atoms with Gasteiger partial charge in [0.25, 0.3) is 5.91 Å². The van der Waals surface area contributed by atoms with Gasteiger partial charge in [-0.15, -0.1) is 0 Å². The van der Waals surface area contributed by atoms with Gasteiger partial charge in [-0.2, -0.15) is 5.26 Å². The smallest absolute Gasteiger partial charge is 0.321 e. The van der Waals surface area contributed by atoms with Crippen molar-refractivity contribution in [2.24, 2.45) is 0 Å². The van der Waals surface area contributed by atoms with Crippen LogP contribution < -0.4 is 15.4 Å². The van der Waals surface area contributed by atoms with Crippen LogP contribution in [0.2, 0.25) is 0 Å². The highest BCUT2D eigenvalue weighted by Gasteiger charge is 2.17. The van der Waals surface area contributed by atoms with Gasteiger partial charge in [0.1, 0.15) is 5.75 Å². The van der Waals surface area contributed by atoms with Crippen molar-refractivity contribution >= 4 is 23.3 Å². The molecule has 7 heteroatoms. The number of benzene rings is 2. The molecule has 0 bridgehead atoms. The number of anilines is 2. The molecule has 1 aliphatic rings. The lowest BCUT2D eigenvalue weighted by atomic mass is 10.1. The van der Waals surface area contributed by atoms with Crippen LogP contribution in [0.15, 0.2) is 42.5 Å². The molecule has 0 fully saturated rings. The van der Waals surface area contributed by atoms with Crippen LogP contribution in [-0.2, 0) is 11.3 Å². The van der Waals surface area contributed by atoms with Crippen LogP contribution in [0.4, 0.5) is 16.2 Å². The highest BCUT2D eigenvalue weighted by Crippen LogP contribution is 2.30. The maximum Gasteiger partial charge on any atom is 0.321 e. The molecule has 2 aromatic rings. The lowest BCUT2D eigenvalue weighted by Crippen LogP contribution is -2.31. The van der Waals surface area contributed by atoms with E-state index >= 15 is 0 Å². The van der Waals surface area contributed by atoms with Gasteiger partial charge in [0.15, 0.2) is 6.61 Å². The van der Waals surface area contributed by atoms with Crippen LogP contribution in [-0.4, -0.2) is 30.5 Å². The summed E-state index contributed by atoms with van der Waals surface area (Å²) in [7, 11) is 1.67. The van der Waals surface area contributed by atoms with Gasteiger partial charge in [-0.3, -0.25) is 4.79 Å². The maximum atomic E-state index is 12.3. The third-order valence-electron chi connectivity index (χ3n) is 3.69. The predicted molar refractivity (Wildman–Crippen MR) is 92.2 cm³/mol. The van der Waals surface area contributed by atoms with E-state index in [9.17, 15) is 9.59 Å². The molecule has 0 saturated heterocycles. The number of nitriles is 1. The van der Waals surface area contributed by atoms with Crippen molar-refractivity contribution in [1.29, 1.82) is 5.26 Å². The molecule has 126 valence electrons. The minimum atomic E-state index is -0.290. The van der Waals surface area contributed by atoms with Crippen molar-refractivity contribution in [3.8, 4) is 11.8 Å². The van der Waals surface area contributed by atoms with Crippen LogP contribution >= 0.6 is 0 Å². The zero-order valence-electron chi connectivity index (χ0n) is 13.6. The van der Waals surface area contributed by atoms with Crippen LogP contribution in [0.5, 0.6) is 5.75 Å². The summed E-state index contributed by atoms with van der Waals surface area (Å²) >= 11 is 0. The van der Waals surface area contributed by atoms with E-state index in [1.54, 1.807) is 43.4 Å². The number of nitrogens with one attached hydrogen (secondary N) is 2. The first-order valence-corrected chi connectivity index (χ1v) is 7.63. The second kappa shape index (κ2) is 6.93. The Morgan fingerprint density at radius 3 is 3.00 bits per heavy atom. The fraction of sp³-hybridized carbons (Fsp3) is 0.167. The largest absolute Gasteiger partial charge is 0.482 e. The van der Waals surface area contributed by atoms with Gasteiger partial charge < -0.3 is 20.3 Å². The molecular weight excluding hydrogens is 320 g/mol. The quantitative estimate of drug-likeness (QED) is 0.900. The Balaban J connectivity index is 1.65. The summed E-state index contributed by atoms with van der Waals surface area (Å²) in [5.41, 5.74) is 2.57. The Morgan fingerprint density at radius 2 is 2.20 bits per heavy atom. The summed E-state index contributed by atoms with van der Waals surface area (Å²) < 4.78 is 5.33.